The standard InChI is InChI=1S/C30H31NO9S/c1-30(19-11-12-20(35-3)24(36-4)23(19)29(32)40-30)28-22-18(13-14-31(28)2)21(26-27(25(22)37-5)39-15-38-26)16-7-9-17(10-8-16)41(6,33)34/h7-12,28H,13-15H2,1-6H3. The number of hydrogen-bond acceptors (Lipinski definition) is 10. The van der Waals surface area contributed by atoms with E-state index < -0.39 is 27.4 Å². The summed E-state index contributed by atoms with van der Waals surface area (Å²) in [6.07, 6.45) is 1.82. The molecule has 3 aliphatic rings. The smallest absolute Gasteiger partial charge is 0.343 e. The van der Waals surface area contributed by atoms with E-state index in [1.807, 2.05) is 20.0 Å². The highest BCUT2D eigenvalue weighted by atomic mass is 32.2. The van der Waals surface area contributed by atoms with Crippen LogP contribution in [-0.2, 0) is 26.6 Å². The average Bonchev–Trinajstić information content (AvgIpc) is 3.53. The van der Waals surface area contributed by atoms with Crippen molar-refractivity contribution >= 4 is 15.8 Å². The fourth-order valence-electron chi connectivity index (χ4n) is 6.47. The Hall–Kier alpha value is -3.96. The number of cyclic esters (lactones) is 1. The van der Waals surface area contributed by atoms with Gasteiger partial charge in [-0.05, 0) is 49.7 Å². The molecule has 0 N–H and O–H groups in total. The molecule has 10 nitrogen and oxygen atoms in total. The molecule has 0 radical (unpaired) electrons. The van der Waals surface area contributed by atoms with Gasteiger partial charge in [0.25, 0.3) is 0 Å². The molecule has 0 aliphatic carbocycles. The molecule has 0 spiro atoms. The third-order valence-electron chi connectivity index (χ3n) is 8.23. The molecule has 2 unspecified atom stereocenters. The molecular formula is C30H31NO9S. The van der Waals surface area contributed by atoms with Gasteiger partial charge >= 0.3 is 5.97 Å². The lowest BCUT2D eigenvalue weighted by molar-refractivity contribution is -0.0508. The van der Waals surface area contributed by atoms with Crippen LogP contribution in [0.5, 0.6) is 28.7 Å². The highest BCUT2D eigenvalue weighted by molar-refractivity contribution is 7.90. The second-order valence-corrected chi connectivity index (χ2v) is 12.5. The number of nitrogens with zero attached hydrogens (tertiary/aromatic N) is 1. The molecule has 3 aromatic rings. The Labute approximate surface area is 238 Å². The van der Waals surface area contributed by atoms with E-state index in [2.05, 4.69) is 4.90 Å². The largest absolute Gasteiger partial charge is 0.493 e. The number of carbonyl (C=O) groups excluding carboxylic acids is 1. The zero-order chi connectivity index (χ0) is 29.3. The third kappa shape index (κ3) is 3.93. The zero-order valence-electron chi connectivity index (χ0n) is 23.7. The summed E-state index contributed by atoms with van der Waals surface area (Å²) in [7, 11) is 3.20. The summed E-state index contributed by atoms with van der Waals surface area (Å²) in [5.41, 5.74) is 3.20. The van der Waals surface area contributed by atoms with E-state index >= 15 is 0 Å². The zero-order valence-corrected chi connectivity index (χ0v) is 24.5. The number of hydrogen-bond donors (Lipinski definition) is 0. The molecule has 41 heavy (non-hydrogen) atoms. The normalized spacial score (nSPS) is 21.2. The van der Waals surface area contributed by atoms with Gasteiger partial charge in [-0.25, -0.2) is 13.2 Å². The Morgan fingerprint density at radius 1 is 0.927 bits per heavy atom. The van der Waals surface area contributed by atoms with Gasteiger partial charge in [-0.1, -0.05) is 18.2 Å². The van der Waals surface area contributed by atoms with Crippen LogP contribution in [0.3, 0.4) is 0 Å². The SMILES string of the molecule is COc1ccc2c(c1OC)C(=O)OC2(C)C1c2c(c(-c3ccc(S(C)(=O)=O)cc3)c3c(c2OC)OCO3)CCN1C. The first kappa shape index (κ1) is 27.2. The van der Waals surface area contributed by atoms with Crippen LogP contribution in [0.4, 0.5) is 0 Å². The minimum Gasteiger partial charge on any atom is -0.493 e. The van der Waals surface area contributed by atoms with Crippen molar-refractivity contribution in [2.24, 2.45) is 0 Å². The second-order valence-electron chi connectivity index (χ2n) is 10.5. The summed E-state index contributed by atoms with van der Waals surface area (Å²) in [6.45, 7) is 2.55. The van der Waals surface area contributed by atoms with Crippen molar-refractivity contribution in [2.45, 2.75) is 29.9 Å². The van der Waals surface area contributed by atoms with E-state index in [4.69, 9.17) is 28.4 Å². The summed E-state index contributed by atoms with van der Waals surface area (Å²) in [5, 5.41) is 0. The third-order valence-corrected chi connectivity index (χ3v) is 9.36. The number of carbonyl (C=O) groups is 1. The number of sulfone groups is 1. The molecule has 0 aromatic heterocycles. The van der Waals surface area contributed by atoms with Crippen LogP contribution in [0.25, 0.3) is 11.1 Å². The number of esters is 1. The first-order chi connectivity index (χ1) is 19.5. The quantitative estimate of drug-likeness (QED) is 0.394. The van der Waals surface area contributed by atoms with E-state index in [1.165, 1.54) is 20.5 Å². The highest BCUT2D eigenvalue weighted by Crippen LogP contribution is 2.60. The molecule has 216 valence electrons. The van der Waals surface area contributed by atoms with E-state index in [-0.39, 0.29) is 11.7 Å². The van der Waals surface area contributed by atoms with Crippen molar-refractivity contribution in [3.8, 4) is 39.9 Å². The molecule has 3 aliphatic heterocycles. The van der Waals surface area contributed by atoms with Gasteiger partial charge in [0.15, 0.2) is 38.4 Å². The van der Waals surface area contributed by atoms with Gasteiger partial charge in [0.1, 0.15) is 5.56 Å². The maximum atomic E-state index is 13.4. The molecule has 11 heteroatoms. The molecule has 0 saturated heterocycles. The average molecular weight is 582 g/mol. The predicted molar refractivity (Wildman–Crippen MR) is 149 cm³/mol. The summed E-state index contributed by atoms with van der Waals surface area (Å²) < 4.78 is 59.5. The lowest BCUT2D eigenvalue weighted by Crippen LogP contribution is -2.45. The van der Waals surface area contributed by atoms with Crippen molar-refractivity contribution in [3.05, 3.63) is 58.7 Å². The molecule has 3 aromatic carbocycles. The first-order valence-corrected chi connectivity index (χ1v) is 15.0. The fraction of sp³-hybridized carbons (Fsp3) is 0.367. The molecule has 0 saturated carbocycles. The number of rotatable bonds is 6. The monoisotopic (exact) mass is 581 g/mol. The molecule has 6 rings (SSSR count). The van der Waals surface area contributed by atoms with Crippen LogP contribution in [0, 0.1) is 0 Å². The van der Waals surface area contributed by atoms with Gasteiger partial charge in [0.05, 0.1) is 32.3 Å². The van der Waals surface area contributed by atoms with Gasteiger partial charge in [-0.3, -0.25) is 4.90 Å². The van der Waals surface area contributed by atoms with E-state index in [0.717, 1.165) is 22.3 Å². The van der Waals surface area contributed by atoms with Crippen LogP contribution in [0.15, 0.2) is 41.3 Å². The number of methoxy groups -OCH3 is 3. The molecule has 0 amide bonds. The summed E-state index contributed by atoms with van der Waals surface area (Å²) in [5.74, 6) is 1.75. The van der Waals surface area contributed by atoms with Gasteiger partial charge in [-0.2, -0.15) is 0 Å². The molecular weight excluding hydrogens is 550 g/mol. The Morgan fingerprint density at radius 3 is 2.24 bits per heavy atom. The van der Waals surface area contributed by atoms with Crippen molar-refractivity contribution < 1.29 is 41.6 Å². The van der Waals surface area contributed by atoms with Gasteiger partial charge in [0.2, 0.25) is 12.5 Å². The number of likely N-dealkylation sites (N-methyl/N-ethyl adjacent to an activating group) is 1. The summed E-state index contributed by atoms with van der Waals surface area (Å²) in [4.78, 5) is 15.8. The summed E-state index contributed by atoms with van der Waals surface area (Å²) >= 11 is 0. The Kier molecular flexibility index (Phi) is 6.35. The van der Waals surface area contributed by atoms with Crippen LogP contribution >= 0.6 is 0 Å². The van der Waals surface area contributed by atoms with Crippen LogP contribution in [0.2, 0.25) is 0 Å². The number of ether oxygens (including phenoxy) is 6. The lowest BCUT2D eigenvalue weighted by Gasteiger charge is -2.44. The summed E-state index contributed by atoms with van der Waals surface area (Å²) in [6, 6.07) is 9.86. The Balaban J connectivity index is 1.62. The Bertz CT molecular complexity index is 1680. The second kappa shape index (κ2) is 9.56. The topological polar surface area (TPSA) is 110 Å². The minimum absolute atomic E-state index is 0.00952. The van der Waals surface area contributed by atoms with Crippen molar-refractivity contribution in [1.29, 1.82) is 0 Å². The van der Waals surface area contributed by atoms with Crippen LogP contribution in [-0.4, -0.2) is 67.3 Å². The minimum atomic E-state index is -3.37. The molecule has 0 bridgehead atoms. The Morgan fingerprint density at radius 2 is 1.61 bits per heavy atom. The van der Waals surface area contributed by atoms with Crippen molar-refractivity contribution in [2.75, 3.05) is 48.0 Å². The van der Waals surface area contributed by atoms with Gasteiger partial charge in [-0.15, -0.1) is 0 Å². The first-order valence-electron chi connectivity index (χ1n) is 13.1. The van der Waals surface area contributed by atoms with Crippen molar-refractivity contribution in [1.82, 2.24) is 4.90 Å². The van der Waals surface area contributed by atoms with E-state index in [1.54, 1.807) is 37.4 Å². The van der Waals surface area contributed by atoms with E-state index in [9.17, 15) is 13.2 Å². The number of benzene rings is 3. The molecule has 2 atom stereocenters. The maximum Gasteiger partial charge on any atom is 0.343 e. The fourth-order valence-corrected chi connectivity index (χ4v) is 7.10. The lowest BCUT2D eigenvalue weighted by atomic mass is 9.76. The van der Waals surface area contributed by atoms with Gasteiger partial charge < -0.3 is 28.4 Å². The van der Waals surface area contributed by atoms with Crippen LogP contribution < -0.4 is 23.7 Å². The van der Waals surface area contributed by atoms with Crippen molar-refractivity contribution in [3.63, 3.8) is 0 Å². The molecule has 3 heterocycles. The van der Waals surface area contributed by atoms with Gasteiger partial charge in [0, 0.05) is 29.5 Å². The van der Waals surface area contributed by atoms with Crippen LogP contribution in [0.1, 0.15) is 40.0 Å². The van der Waals surface area contributed by atoms with E-state index in [0.29, 0.717) is 52.8 Å². The molecule has 0 fully saturated rings. The maximum absolute atomic E-state index is 13.4. The predicted octanol–water partition coefficient (Wildman–Crippen LogP) is 4.13. The highest BCUT2D eigenvalue weighted by Gasteiger charge is 2.54. The number of fused-ring (bicyclic) bond motifs is 3.